The number of amides is 2. The van der Waals surface area contributed by atoms with Crippen molar-refractivity contribution in [3.05, 3.63) is 35.9 Å². The van der Waals surface area contributed by atoms with Gasteiger partial charge in [0.2, 0.25) is 11.8 Å². The van der Waals surface area contributed by atoms with Crippen LogP contribution in [0.5, 0.6) is 0 Å². The summed E-state index contributed by atoms with van der Waals surface area (Å²) in [5.41, 5.74) is 1.23. The largest absolute Gasteiger partial charge is 0.378 e. The number of piperazine rings is 1. The topological polar surface area (TPSA) is 53.1 Å². The Balaban J connectivity index is 1.69. The van der Waals surface area contributed by atoms with Crippen molar-refractivity contribution in [3.8, 4) is 0 Å². The molecular weight excluding hydrogens is 306 g/mol. The zero-order chi connectivity index (χ0) is 16.9. The molecule has 1 atom stereocenters. The fraction of sp³-hybridized carbons (Fsp3) is 0.556. The molecule has 0 radical (unpaired) electrons. The first kappa shape index (κ1) is 16.9. The van der Waals surface area contributed by atoms with Gasteiger partial charge in [-0.25, -0.2) is 0 Å². The lowest BCUT2D eigenvalue weighted by molar-refractivity contribution is -0.151. The molecule has 2 heterocycles. The molecule has 0 bridgehead atoms. The van der Waals surface area contributed by atoms with Gasteiger partial charge in [0.05, 0.1) is 13.2 Å². The molecule has 2 saturated heterocycles. The van der Waals surface area contributed by atoms with Crippen molar-refractivity contribution in [2.45, 2.75) is 19.5 Å². The van der Waals surface area contributed by atoms with Gasteiger partial charge in [0, 0.05) is 46.2 Å². The molecule has 2 fully saturated rings. The highest BCUT2D eigenvalue weighted by atomic mass is 16.5. The number of carbonyl (C=O) groups excluding carboxylic acids is 2. The van der Waals surface area contributed by atoms with Crippen molar-refractivity contribution >= 4 is 11.8 Å². The van der Waals surface area contributed by atoms with Gasteiger partial charge in [-0.15, -0.1) is 0 Å². The van der Waals surface area contributed by atoms with Crippen LogP contribution < -0.4 is 0 Å². The van der Waals surface area contributed by atoms with Crippen LogP contribution in [-0.2, 0) is 20.9 Å². The molecule has 0 aliphatic carbocycles. The molecule has 6 nitrogen and oxygen atoms in total. The Hall–Kier alpha value is -1.92. The first-order chi connectivity index (χ1) is 11.6. The molecule has 0 saturated carbocycles. The first-order valence-electron chi connectivity index (χ1n) is 8.55. The van der Waals surface area contributed by atoms with Gasteiger partial charge in [-0.05, 0) is 5.56 Å². The number of carbonyl (C=O) groups is 2. The molecule has 3 rings (SSSR count). The summed E-state index contributed by atoms with van der Waals surface area (Å²) in [6.07, 6.45) is 0. The Morgan fingerprint density at radius 1 is 1.08 bits per heavy atom. The van der Waals surface area contributed by atoms with Crippen LogP contribution in [-0.4, -0.2) is 78.5 Å². The van der Waals surface area contributed by atoms with Crippen molar-refractivity contribution in [1.29, 1.82) is 0 Å². The number of ether oxygens (including phenoxy) is 1. The van der Waals surface area contributed by atoms with E-state index in [1.807, 2.05) is 23.1 Å². The molecule has 1 aromatic carbocycles. The molecule has 1 unspecified atom stereocenters. The number of nitrogens with zero attached hydrogens (tertiary/aromatic N) is 3. The molecular formula is C18H25N3O3. The minimum absolute atomic E-state index is 0.0269. The molecule has 2 amide bonds. The third-order valence-corrected chi connectivity index (χ3v) is 4.73. The molecule has 2 aliphatic heterocycles. The summed E-state index contributed by atoms with van der Waals surface area (Å²) in [7, 11) is 0. The monoisotopic (exact) mass is 331 g/mol. The third-order valence-electron chi connectivity index (χ3n) is 4.73. The van der Waals surface area contributed by atoms with Gasteiger partial charge in [0.15, 0.2) is 0 Å². The molecule has 2 aliphatic rings. The Morgan fingerprint density at radius 3 is 2.46 bits per heavy atom. The molecule has 130 valence electrons. The Kier molecular flexibility index (Phi) is 5.48. The lowest BCUT2D eigenvalue weighted by atomic mass is 10.1. The Labute approximate surface area is 143 Å². The average Bonchev–Trinajstić information content (AvgIpc) is 2.62. The van der Waals surface area contributed by atoms with Crippen molar-refractivity contribution in [2.24, 2.45) is 0 Å². The van der Waals surface area contributed by atoms with E-state index in [1.54, 1.807) is 11.8 Å². The molecule has 6 heteroatoms. The van der Waals surface area contributed by atoms with E-state index in [9.17, 15) is 9.59 Å². The number of hydrogen-bond acceptors (Lipinski definition) is 4. The molecule has 0 aromatic heterocycles. The zero-order valence-electron chi connectivity index (χ0n) is 14.2. The maximum Gasteiger partial charge on any atom is 0.246 e. The van der Waals surface area contributed by atoms with Crippen molar-refractivity contribution in [3.63, 3.8) is 0 Å². The third kappa shape index (κ3) is 3.94. The predicted molar refractivity (Wildman–Crippen MR) is 90.3 cm³/mol. The summed E-state index contributed by atoms with van der Waals surface area (Å²) in [5, 5.41) is 0. The van der Waals surface area contributed by atoms with E-state index in [2.05, 4.69) is 17.0 Å². The second kappa shape index (κ2) is 7.77. The minimum Gasteiger partial charge on any atom is -0.378 e. The maximum absolute atomic E-state index is 12.9. The number of morpholine rings is 1. The van der Waals surface area contributed by atoms with Crippen LogP contribution >= 0.6 is 0 Å². The van der Waals surface area contributed by atoms with Gasteiger partial charge in [-0.1, -0.05) is 30.3 Å². The normalized spacial score (nSPS) is 22.5. The quantitative estimate of drug-likeness (QED) is 0.813. The summed E-state index contributed by atoms with van der Waals surface area (Å²) >= 11 is 0. The number of hydrogen-bond donors (Lipinski definition) is 0. The molecule has 0 N–H and O–H groups in total. The Bertz CT molecular complexity index is 572. The van der Waals surface area contributed by atoms with Crippen molar-refractivity contribution in [2.75, 3.05) is 45.9 Å². The standard InChI is InChI=1S/C18H25N3O3/c1-15(22)21-8-7-19(13-16-5-3-2-4-6-16)14-17(21)18(23)20-9-11-24-12-10-20/h2-6,17H,7-14H2,1H3. The van der Waals surface area contributed by atoms with Crippen LogP contribution in [0.25, 0.3) is 0 Å². The van der Waals surface area contributed by atoms with Crippen molar-refractivity contribution in [1.82, 2.24) is 14.7 Å². The van der Waals surface area contributed by atoms with E-state index in [4.69, 9.17) is 4.74 Å². The smallest absolute Gasteiger partial charge is 0.246 e. The van der Waals surface area contributed by atoms with Crippen molar-refractivity contribution < 1.29 is 14.3 Å². The van der Waals surface area contributed by atoms with E-state index in [1.165, 1.54) is 5.56 Å². The van der Waals surface area contributed by atoms with Gasteiger partial charge in [-0.3, -0.25) is 14.5 Å². The summed E-state index contributed by atoms with van der Waals surface area (Å²) in [4.78, 5) is 30.7. The fourth-order valence-corrected chi connectivity index (χ4v) is 3.41. The average molecular weight is 331 g/mol. The zero-order valence-corrected chi connectivity index (χ0v) is 14.2. The highest BCUT2D eigenvalue weighted by Gasteiger charge is 2.36. The van der Waals surface area contributed by atoms with E-state index in [0.717, 1.165) is 13.1 Å². The van der Waals surface area contributed by atoms with Crippen LogP contribution in [0, 0.1) is 0 Å². The van der Waals surface area contributed by atoms with Gasteiger partial charge in [0.25, 0.3) is 0 Å². The molecule has 1 aromatic rings. The molecule has 24 heavy (non-hydrogen) atoms. The SMILES string of the molecule is CC(=O)N1CCN(Cc2ccccc2)CC1C(=O)N1CCOCC1. The number of benzene rings is 1. The van der Waals surface area contributed by atoms with Gasteiger partial charge >= 0.3 is 0 Å². The van der Waals surface area contributed by atoms with Gasteiger partial charge in [-0.2, -0.15) is 0 Å². The second-order valence-corrected chi connectivity index (χ2v) is 6.39. The molecule has 0 spiro atoms. The summed E-state index contributed by atoms with van der Waals surface area (Å²) in [6, 6.07) is 9.85. The van der Waals surface area contributed by atoms with Crippen LogP contribution in [0.1, 0.15) is 12.5 Å². The van der Waals surface area contributed by atoms with E-state index < -0.39 is 6.04 Å². The predicted octanol–water partition coefficient (Wildman–Crippen LogP) is 0.578. The number of rotatable bonds is 3. The summed E-state index contributed by atoms with van der Waals surface area (Å²) in [5.74, 6) is 0.0206. The van der Waals surface area contributed by atoms with Gasteiger partial charge < -0.3 is 14.5 Å². The van der Waals surface area contributed by atoms with Crippen LogP contribution in [0.15, 0.2) is 30.3 Å². The van der Waals surface area contributed by atoms with Crippen LogP contribution in [0.2, 0.25) is 0 Å². The lowest BCUT2D eigenvalue weighted by Gasteiger charge is -2.42. The summed E-state index contributed by atoms with van der Waals surface area (Å²) < 4.78 is 5.33. The lowest BCUT2D eigenvalue weighted by Crippen LogP contribution is -2.61. The Morgan fingerprint density at radius 2 is 1.79 bits per heavy atom. The van der Waals surface area contributed by atoms with Gasteiger partial charge in [0.1, 0.15) is 6.04 Å². The highest BCUT2D eigenvalue weighted by molar-refractivity contribution is 5.87. The summed E-state index contributed by atoms with van der Waals surface area (Å²) in [6.45, 7) is 6.71. The van der Waals surface area contributed by atoms with E-state index in [-0.39, 0.29) is 11.8 Å². The highest BCUT2D eigenvalue weighted by Crippen LogP contribution is 2.16. The minimum atomic E-state index is -0.391. The van der Waals surface area contributed by atoms with E-state index >= 15 is 0 Å². The first-order valence-corrected chi connectivity index (χ1v) is 8.55. The van der Waals surface area contributed by atoms with Crippen LogP contribution in [0.3, 0.4) is 0 Å². The second-order valence-electron chi connectivity index (χ2n) is 6.39. The van der Waals surface area contributed by atoms with E-state index in [0.29, 0.717) is 39.4 Å². The maximum atomic E-state index is 12.9. The van der Waals surface area contributed by atoms with Crippen LogP contribution in [0.4, 0.5) is 0 Å². The fourth-order valence-electron chi connectivity index (χ4n) is 3.41.